The van der Waals surface area contributed by atoms with Crippen molar-refractivity contribution in [2.45, 2.75) is 84.0 Å². The van der Waals surface area contributed by atoms with Gasteiger partial charge in [0.25, 0.3) is 0 Å². The molecule has 0 radical (unpaired) electrons. The second-order valence-electron chi connectivity index (χ2n) is 9.91. The smallest absolute Gasteiger partial charge is 0.237 e. The number of nitrogens with zero attached hydrogens (tertiary/aromatic N) is 3. The lowest BCUT2D eigenvalue weighted by Gasteiger charge is -2.44. The number of carbonyl (C=O) groups excluding carboxylic acids is 2. The molecule has 1 amide bonds. The Morgan fingerprint density at radius 3 is 2.42 bits per heavy atom. The van der Waals surface area contributed by atoms with E-state index in [2.05, 4.69) is 30.0 Å². The highest BCUT2D eigenvalue weighted by atomic mass is 16.2. The van der Waals surface area contributed by atoms with E-state index in [4.69, 9.17) is 0 Å². The Balaban J connectivity index is 1.28. The van der Waals surface area contributed by atoms with E-state index in [9.17, 15) is 9.59 Å². The zero-order valence-electron chi connectivity index (χ0n) is 20.1. The number of benzene rings is 1. The van der Waals surface area contributed by atoms with E-state index < -0.39 is 0 Å². The average Bonchev–Trinajstić information content (AvgIpc) is 3.18. The van der Waals surface area contributed by atoms with Gasteiger partial charge in [-0.15, -0.1) is 0 Å². The van der Waals surface area contributed by atoms with Crippen LogP contribution in [0.2, 0.25) is 0 Å². The average molecular weight is 448 g/mol. The molecular formula is C28H37N3O2. The summed E-state index contributed by atoms with van der Waals surface area (Å²) >= 11 is 0. The normalized spacial score (nSPS) is 17.2. The number of amides is 1. The molecule has 5 rings (SSSR count). The number of hydrogen-bond donors (Lipinski definition) is 0. The first-order valence-corrected chi connectivity index (χ1v) is 13.1. The molecule has 33 heavy (non-hydrogen) atoms. The first-order chi connectivity index (χ1) is 16.2. The van der Waals surface area contributed by atoms with Crippen molar-refractivity contribution in [3.63, 3.8) is 0 Å². The molecule has 5 nitrogen and oxygen atoms in total. The van der Waals surface area contributed by atoms with Gasteiger partial charge in [-0.2, -0.15) is 0 Å². The van der Waals surface area contributed by atoms with Crippen LogP contribution in [0.5, 0.6) is 0 Å². The molecule has 5 heteroatoms. The number of fused-ring (bicyclic) bond motifs is 3. The summed E-state index contributed by atoms with van der Waals surface area (Å²) < 4.78 is 1.92. The zero-order valence-corrected chi connectivity index (χ0v) is 20.1. The molecule has 176 valence electrons. The number of hydrogen-bond acceptors (Lipinski definition) is 3. The largest absolute Gasteiger partial charge is 0.366 e. The van der Waals surface area contributed by atoms with E-state index in [0.717, 1.165) is 55.0 Å². The van der Waals surface area contributed by atoms with E-state index in [1.807, 2.05) is 15.5 Å². The summed E-state index contributed by atoms with van der Waals surface area (Å²) in [6.07, 6.45) is 13.1. The Morgan fingerprint density at radius 2 is 1.64 bits per heavy atom. The lowest BCUT2D eigenvalue weighted by molar-refractivity contribution is -0.130. The lowest BCUT2D eigenvalue weighted by atomic mass is 9.95. The quantitative estimate of drug-likeness (QED) is 0.421. The fourth-order valence-electron chi connectivity index (χ4n) is 6.00. The summed E-state index contributed by atoms with van der Waals surface area (Å²) in [6.45, 7) is 4.79. The SMILES string of the molecule is CCCCCCCCCCCC(=O)N1CCN2CCc3c4n(c5ccccc35)C(=O)CC1=C42. The predicted molar refractivity (Wildman–Crippen MR) is 133 cm³/mol. The number of unbranched alkanes of at least 4 members (excludes halogenated alkanes) is 8. The molecule has 0 saturated heterocycles. The molecule has 0 N–H and O–H groups in total. The van der Waals surface area contributed by atoms with Crippen molar-refractivity contribution >= 4 is 28.4 Å². The molecule has 4 heterocycles. The summed E-state index contributed by atoms with van der Waals surface area (Å²) in [5, 5.41) is 1.19. The maximum absolute atomic E-state index is 13.3. The van der Waals surface area contributed by atoms with Crippen LogP contribution in [-0.4, -0.2) is 45.8 Å². The van der Waals surface area contributed by atoms with Crippen LogP contribution >= 0.6 is 0 Å². The highest BCUT2D eigenvalue weighted by molar-refractivity contribution is 6.04. The van der Waals surface area contributed by atoms with Crippen molar-refractivity contribution in [2.24, 2.45) is 0 Å². The Kier molecular flexibility index (Phi) is 6.57. The minimum Gasteiger partial charge on any atom is -0.366 e. The molecule has 3 aliphatic rings. The summed E-state index contributed by atoms with van der Waals surface area (Å²) in [6, 6.07) is 8.25. The summed E-state index contributed by atoms with van der Waals surface area (Å²) in [4.78, 5) is 30.8. The standard InChI is InChI=1S/C28H37N3O2/c1-2-3-4-5-6-7-8-9-10-15-25(32)30-19-18-29-17-16-22-21-13-11-12-14-23(21)31-26(33)20-24(30)28(29)27(22)31/h11-14H,2-10,15-20H2,1H3. The van der Waals surface area contributed by atoms with Crippen LogP contribution in [0.25, 0.3) is 16.6 Å². The topological polar surface area (TPSA) is 45.6 Å². The number of allylic oxidation sites excluding steroid dienone is 1. The molecule has 0 bridgehead atoms. The first kappa shape index (κ1) is 22.2. The Bertz CT molecular complexity index is 1080. The summed E-state index contributed by atoms with van der Waals surface area (Å²) in [7, 11) is 0. The highest BCUT2D eigenvalue weighted by Crippen LogP contribution is 2.44. The Labute approximate surface area is 197 Å². The van der Waals surface area contributed by atoms with Gasteiger partial charge in [0, 0.05) is 31.4 Å². The van der Waals surface area contributed by atoms with Gasteiger partial charge < -0.3 is 9.80 Å². The van der Waals surface area contributed by atoms with Crippen LogP contribution < -0.4 is 0 Å². The van der Waals surface area contributed by atoms with E-state index in [1.54, 1.807) is 0 Å². The summed E-state index contributed by atoms with van der Waals surface area (Å²) in [5.74, 6) is 0.292. The fraction of sp³-hybridized carbons (Fsp3) is 0.571. The molecular weight excluding hydrogens is 410 g/mol. The molecule has 0 aliphatic carbocycles. The van der Waals surface area contributed by atoms with Gasteiger partial charge in [-0.3, -0.25) is 14.2 Å². The first-order valence-electron chi connectivity index (χ1n) is 13.1. The molecule has 0 saturated carbocycles. The van der Waals surface area contributed by atoms with Crippen LogP contribution in [0.3, 0.4) is 0 Å². The number of para-hydroxylation sites is 1. The second kappa shape index (κ2) is 9.74. The third kappa shape index (κ3) is 4.11. The molecule has 2 aromatic rings. The van der Waals surface area contributed by atoms with Crippen LogP contribution in [-0.2, 0) is 11.2 Å². The van der Waals surface area contributed by atoms with Crippen molar-refractivity contribution in [3.05, 3.63) is 41.2 Å². The van der Waals surface area contributed by atoms with Crippen LogP contribution in [0.1, 0.15) is 93.6 Å². The van der Waals surface area contributed by atoms with Gasteiger partial charge in [-0.05, 0) is 24.5 Å². The maximum atomic E-state index is 13.3. The Hall–Kier alpha value is -2.56. The minimum absolute atomic E-state index is 0.0934. The fourth-order valence-corrected chi connectivity index (χ4v) is 6.00. The van der Waals surface area contributed by atoms with E-state index in [0.29, 0.717) is 19.4 Å². The van der Waals surface area contributed by atoms with Crippen LogP contribution in [0.15, 0.2) is 30.0 Å². The third-order valence-corrected chi connectivity index (χ3v) is 7.71. The van der Waals surface area contributed by atoms with Gasteiger partial charge in [0.15, 0.2) is 0 Å². The van der Waals surface area contributed by atoms with Gasteiger partial charge in [-0.1, -0.05) is 76.5 Å². The molecule has 0 spiro atoms. The molecule has 1 aromatic heterocycles. The third-order valence-electron chi connectivity index (χ3n) is 7.71. The van der Waals surface area contributed by atoms with Gasteiger partial charge >= 0.3 is 0 Å². The molecule has 0 unspecified atom stereocenters. The minimum atomic E-state index is 0.0934. The van der Waals surface area contributed by atoms with Crippen molar-refractivity contribution in [2.75, 3.05) is 19.6 Å². The zero-order chi connectivity index (χ0) is 22.8. The van der Waals surface area contributed by atoms with Crippen molar-refractivity contribution < 1.29 is 9.59 Å². The number of rotatable bonds is 10. The number of carbonyl (C=O) groups is 2. The molecule has 0 fully saturated rings. The van der Waals surface area contributed by atoms with Gasteiger partial charge in [-0.25, -0.2) is 0 Å². The van der Waals surface area contributed by atoms with Crippen molar-refractivity contribution in [3.8, 4) is 0 Å². The van der Waals surface area contributed by atoms with Crippen molar-refractivity contribution in [1.82, 2.24) is 14.4 Å². The maximum Gasteiger partial charge on any atom is 0.237 e. The number of aromatic nitrogens is 1. The van der Waals surface area contributed by atoms with Gasteiger partial charge in [0.05, 0.1) is 29.0 Å². The monoisotopic (exact) mass is 447 g/mol. The van der Waals surface area contributed by atoms with Gasteiger partial charge in [0.1, 0.15) is 0 Å². The highest BCUT2D eigenvalue weighted by Gasteiger charge is 2.41. The van der Waals surface area contributed by atoms with Crippen LogP contribution in [0, 0.1) is 0 Å². The summed E-state index contributed by atoms with van der Waals surface area (Å²) in [5.41, 5.74) is 5.42. The predicted octanol–water partition coefficient (Wildman–Crippen LogP) is 5.98. The van der Waals surface area contributed by atoms with Crippen LogP contribution in [0.4, 0.5) is 0 Å². The van der Waals surface area contributed by atoms with Crippen molar-refractivity contribution in [1.29, 1.82) is 0 Å². The van der Waals surface area contributed by atoms with E-state index >= 15 is 0 Å². The van der Waals surface area contributed by atoms with E-state index in [1.165, 1.54) is 55.9 Å². The molecule has 0 atom stereocenters. The molecule has 3 aliphatic heterocycles. The van der Waals surface area contributed by atoms with E-state index in [-0.39, 0.29) is 11.8 Å². The van der Waals surface area contributed by atoms with Gasteiger partial charge in [0.2, 0.25) is 11.8 Å². The lowest BCUT2D eigenvalue weighted by Crippen LogP contribution is -2.48. The molecule has 1 aromatic carbocycles. The second-order valence-corrected chi connectivity index (χ2v) is 9.91. The Morgan fingerprint density at radius 1 is 0.909 bits per heavy atom.